The van der Waals surface area contributed by atoms with Gasteiger partial charge in [-0.1, -0.05) is 0 Å². The lowest BCUT2D eigenvalue weighted by atomic mass is 9.96. The highest BCUT2D eigenvalue weighted by Crippen LogP contribution is 2.42. The van der Waals surface area contributed by atoms with Gasteiger partial charge in [0.2, 0.25) is 0 Å². The molecule has 1 saturated carbocycles. The first-order chi connectivity index (χ1) is 6.88. The van der Waals surface area contributed by atoms with Crippen molar-refractivity contribution < 1.29 is 5.11 Å². The molecule has 1 fully saturated rings. The highest BCUT2D eigenvalue weighted by Gasteiger charge is 2.38. The van der Waals surface area contributed by atoms with Gasteiger partial charge < -0.3 is 15.4 Å². The molecule has 1 aliphatic carbocycles. The van der Waals surface area contributed by atoms with Gasteiger partial charge in [-0.05, 0) is 18.8 Å². The first kappa shape index (κ1) is 8.44. The molecule has 0 aromatic carbocycles. The molecular formula is C10H15N3O. The van der Waals surface area contributed by atoms with Crippen molar-refractivity contribution in [1.82, 2.24) is 15.3 Å². The van der Waals surface area contributed by atoms with Gasteiger partial charge in [-0.2, -0.15) is 0 Å². The Labute approximate surface area is 82.7 Å². The van der Waals surface area contributed by atoms with Gasteiger partial charge in [0, 0.05) is 18.2 Å². The molecule has 2 heterocycles. The van der Waals surface area contributed by atoms with Crippen LogP contribution >= 0.6 is 0 Å². The number of imidazole rings is 1. The minimum absolute atomic E-state index is 0.202. The van der Waals surface area contributed by atoms with Crippen LogP contribution in [-0.4, -0.2) is 27.7 Å². The first-order valence-corrected chi connectivity index (χ1v) is 5.27. The number of aliphatic hydroxyl groups excluding tert-OH is 1. The van der Waals surface area contributed by atoms with Crippen molar-refractivity contribution >= 4 is 0 Å². The molecule has 0 amide bonds. The summed E-state index contributed by atoms with van der Waals surface area (Å²) in [5.41, 5.74) is 2.39. The van der Waals surface area contributed by atoms with E-state index in [-0.39, 0.29) is 12.6 Å². The van der Waals surface area contributed by atoms with Crippen molar-refractivity contribution in [3.05, 3.63) is 17.7 Å². The van der Waals surface area contributed by atoms with Gasteiger partial charge in [0.1, 0.15) is 0 Å². The molecule has 4 nitrogen and oxygen atoms in total. The molecule has 2 unspecified atom stereocenters. The molecule has 2 aliphatic rings. The predicted molar refractivity (Wildman–Crippen MR) is 51.8 cm³/mol. The molecule has 14 heavy (non-hydrogen) atoms. The summed E-state index contributed by atoms with van der Waals surface area (Å²) in [5.74, 6) is 0.742. The third kappa shape index (κ3) is 1.26. The fraction of sp³-hybridized carbons (Fsp3) is 0.700. The molecule has 4 heteroatoms. The lowest BCUT2D eigenvalue weighted by Gasteiger charge is -2.29. The van der Waals surface area contributed by atoms with Crippen molar-refractivity contribution in [2.24, 2.45) is 5.92 Å². The fourth-order valence-corrected chi connectivity index (χ4v) is 2.31. The zero-order valence-electron chi connectivity index (χ0n) is 8.03. The maximum Gasteiger partial charge on any atom is 0.0925 e. The van der Waals surface area contributed by atoms with Gasteiger partial charge >= 0.3 is 0 Å². The van der Waals surface area contributed by atoms with Crippen molar-refractivity contribution in [3.63, 3.8) is 0 Å². The highest BCUT2D eigenvalue weighted by atomic mass is 16.3. The van der Waals surface area contributed by atoms with Crippen LogP contribution < -0.4 is 5.32 Å². The molecule has 0 saturated heterocycles. The Hall–Kier alpha value is -0.870. The number of aromatic amines is 1. The number of aliphatic hydroxyl groups is 1. The second-order valence-corrected chi connectivity index (χ2v) is 4.33. The van der Waals surface area contributed by atoms with E-state index in [2.05, 4.69) is 15.3 Å². The summed E-state index contributed by atoms with van der Waals surface area (Å²) >= 11 is 0. The zero-order valence-corrected chi connectivity index (χ0v) is 8.03. The van der Waals surface area contributed by atoms with Crippen molar-refractivity contribution in [3.8, 4) is 0 Å². The van der Waals surface area contributed by atoms with Crippen LogP contribution in [0, 0.1) is 5.92 Å². The molecule has 3 rings (SSSR count). The number of nitrogens with one attached hydrogen (secondary N) is 2. The van der Waals surface area contributed by atoms with E-state index in [1.165, 1.54) is 24.2 Å². The number of hydrogen-bond donors (Lipinski definition) is 3. The topological polar surface area (TPSA) is 60.9 Å². The third-order valence-corrected chi connectivity index (χ3v) is 3.23. The number of fused-ring (bicyclic) bond motifs is 1. The smallest absolute Gasteiger partial charge is 0.0925 e. The number of H-pyrrole nitrogens is 1. The second-order valence-electron chi connectivity index (χ2n) is 4.33. The maximum atomic E-state index is 9.18. The molecule has 0 bridgehead atoms. The Kier molecular flexibility index (Phi) is 1.85. The standard InChI is InChI=1S/C10H15N3O/c14-4-7-3-8-10(12-5-11-8)9(13-7)6-1-2-6/h5-7,9,13-14H,1-4H2,(H,11,12). The Balaban J connectivity index is 1.91. The molecule has 1 aliphatic heterocycles. The summed E-state index contributed by atoms with van der Waals surface area (Å²) in [6.45, 7) is 0.210. The maximum absolute atomic E-state index is 9.18. The highest BCUT2D eigenvalue weighted by molar-refractivity contribution is 5.23. The second kappa shape index (κ2) is 3.07. The molecule has 76 valence electrons. The van der Waals surface area contributed by atoms with Gasteiger partial charge in [-0.25, -0.2) is 4.98 Å². The van der Waals surface area contributed by atoms with Gasteiger partial charge in [-0.3, -0.25) is 0 Å². The van der Waals surface area contributed by atoms with Crippen LogP contribution in [0.1, 0.15) is 30.3 Å². The Morgan fingerprint density at radius 1 is 1.50 bits per heavy atom. The van der Waals surface area contributed by atoms with E-state index in [0.29, 0.717) is 6.04 Å². The van der Waals surface area contributed by atoms with Crippen LogP contribution in [0.5, 0.6) is 0 Å². The molecular weight excluding hydrogens is 178 g/mol. The van der Waals surface area contributed by atoms with E-state index in [4.69, 9.17) is 0 Å². The largest absolute Gasteiger partial charge is 0.395 e. The molecule has 1 aromatic heterocycles. The minimum atomic E-state index is 0.202. The van der Waals surface area contributed by atoms with Crippen molar-refractivity contribution in [2.45, 2.75) is 31.3 Å². The summed E-state index contributed by atoms with van der Waals surface area (Å²) in [6, 6.07) is 0.579. The lowest BCUT2D eigenvalue weighted by molar-refractivity contribution is 0.215. The molecule has 0 radical (unpaired) electrons. The lowest BCUT2D eigenvalue weighted by Crippen LogP contribution is -2.42. The van der Waals surface area contributed by atoms with Crippen LogP contribution in [0.4, 0.5) is 0 Å². The van der Waals surface area contributed by atoms with E-state index in [1.54, 1.807) is 6.33 Å². The quantitative estimate of drug-likeness (QED) is 0.636. The third-order valence-electron chi connectivity index (χ3n) is 3.23. The van der Waals surface area contributed by atoms with Gasteiger partial charge in [-0.15, -0.1) is 0 Å². The normalized spacial score (nSPS) is 31.5. The van der Waals surface area contributed by atoms with Crippen LogP contribution in [0.15, 0.2) is 6.33 Å². The van der Waals surface area contributed by atoms with Crippen LogP contribution in [0.2, 0.25) is 0 Å². The zero-order chi connectivity index (χ0) is 9.54. The monoisotopic (exact) mass is 193 g/mol. The average Bonchev–Trinajstić information content (AvgIpc) is 2.95. The van der Waals surface area contributed by atoms with E-state index < -0.39 is 0 Å². The van der Waals surface area contributed by atoms with Crippen LogP contribution in [0.3, 0.4) is 0 Å². The molecule has 2 atom stereocenters. The van der Waals surface area contributed by atoms with Gasteiger partial charge in [0.15, 0.2) is 0 Å². The average molecular weight is 193 g/mol. The summed E-state index contributed by atoms with van der Waals surface area (Å²) in [4.78, 5) is 7.54. The summed E-state index contributed by atoms with van der Waals surface area (Å²) in [7, 11) is 0. The van der Waals surface area contributed by atoms with E-state index >= 15 is 0 Å². The Morgan fingerprint density at radius 2 is 2.36 bits per heavy atom. The van der Waals surface area contributed by atoms with E-state index in [0.717, 1.165) is 12.3 Å². The summed E-state index contributed by atoms with van der Waals surface area (Å²) < 4.78 is 0. The Bertz CT molecular complexity index is 332. The van der Waals surface area contributed by atoms with Crippen LogP contribution in [-0.2, 0) is 6.42 Å². The van der Waals surface area contributed by atoms with E-state index in [9.17, 15) is 5.11 Å². The first-order valence-electron chi connectivity index (χ1n) is 5.27. The minimum Gasteiger partial charge on any atom is -0.395 e. The van der Waals surface area contributed by atoms with Crippen molar-refractivity contribution in [2.75, 3.05) is 6.61 Å². The summed E-state index contributed by atoms with van der Waals surface area (Å²) in [5, 5.41) is 12.7. The van der Waals surface area contributed by atoms with E-state index in [1.807, 2.05) is 0 Å². The molecule has 3 N–H and O–H groups in total. The van der Waals surface area contributed by atoms with Gasteiger partial charge in [0.05, 0.1) is 24.7 Å². The number of hydrogen-bond acceptors (Lipinski definition) is 3. The number of rotatable bonds is 2. The summed E-state index contributed by atoms with van der Waals surface area (Å²) in [6.07, 6.45) is 5.22. The predicted octanol–water partition coefficient (Wildman–Crippen LogP) is 0.367. The van der Waals surface area contributed by atoms with Crippen LogP contribution in [0.25, 0.3) is 0 Å². The Morgan fingerprint density at radius 3 is 3.07 bits per heavy atom. The molecule has 0 spiro atoms. The SMILES string of the molecule is OCC1Cc2[nH]cnc2C(C2CC2)N1. The fourth-order valence-electron chi connectivity index (χ4n) is 2.31. The van der Waals surface area contributed by atoms with Gasteiger partial charge in [0.25, 0.3) is 0 Å². The van der Waals surface area contributed by atoms with Crippen molar-refractivity contribution in [1.29, 1.82) is 0 Å². The number of aromatic nitrogens is 2. The number of nitrogens with zero attached hydrogens (tertiary/aromatic N) is 1. The molecule has 1 aromatic rings.